The third-order valence-corrected chi connectivity index (χ3v) is 6.76. The number of carbonyl (C=O) groups is 2. The molecule has 0 saturated carbocycles. The molecule has 0 fully saturated rings. The molecule has 34 heavy (non-hydrogen) atoms. The summed E-state index contributed by atoms with van der Waals surface area (Å²) in [6.45, 7) is 8.35. The highest BCUT2D eigenvalue weighted by molar-refractivity contribution is 6.08. The van der Waals surface area contributed by atoms with Gasteiger partial charge in [-0.25, -0.2) is 4.68 Å². The van der Waals surface area contributed by atoms with Crippen LogP contribution < -0.4 is 10.6 Å². The Bertz CT molecular complexity index is 1300. The first-order valence-electron chi connectivity index (χ1n) is 11.8. The van der Waals surface area contributed by atoms with E-state index in [9.17, 15) is 9.59 Å². The normalized spacial score (nSPS) is 18.7. The number of rotatable bonds is 4. The Morgan fingerprint density at radius 3 is 2.50 bits per heavy atom. The van der Waals surface area contributed by atoms with Crippen molar-refractivity contribution in [2.75, 3.05) is 10.6 Å². The number of benzene rings is 2. The lowest BCUT2D eigenvalue weighted by Crippen LogP contribution is -2.37. The van der Waals surface area contributed by atoms with E-state index in [1.54, 1.807) is 10.9 Å². The molecule has 0 bridgehead atoms. The topological polar surface area (TPSA) is 76.0 Å². The van der Waals surface area contributed by atoms with Gasteiger partial charge in [-0.3, -0.25) is 9.59 Å². The predicted molar refractivity (Wildman–Crippen MR) is 134 cm³/mol. The van der Waals surface area contributed by atoms with Gasteiger partial charge in [-0.1, -0.05) is 62.7 Å². The molecule has 1 aliphatic heterocycles. The maximum absolute atomic E-state index is 13.4. The fourth-order valence-electron chi connectivity index (χ4n) is 4.96. The number of anilines is 2. The highest BCUT2D eigenvalue weighted by Gasteiger charge is 2.42. The van der Waals surface area contributed by atoms with Crippen molar-refractivity contribution in [1.82, 2.24) is 9.78 Å². The van der Waals surface area contributed by atoms with E-state index >= 15 is 0 Å². The van der Waals surface area contributed by atoms with Gasteiger partial charge in [0.1, 0.15) is 17.4 Å². The van der Waals surface area contributed by atoms with E-state index in [1.165, 1.54) is 5.56 Å². The lowest BCUT2D eigenvalue weighted by atomic mass is 9.73. The quantitative estimate of drug-likeness (QED) is 0.533. The second-order valence-electron chi connectivity index (χ2n) is 10.1. The lowest BCUT2D eigenvalue weighted by Gasteiger charge is -2.39. The van der Waals surface area contributed by atoms with Gasteiger partial charge in [-0.2, -0.15) is 5.10 Å². The minimum absolute atomic E-state index is 0.134. The molecule has 0 spiro atoms. The van der Waals surface area contributed by atoms with E-state index in [2.05, 4.69) is 60.8 Å². The molecule has 6 nitrogen and oxygen atoms in total. The van der Waals surface area contributed by atoms with Gasteiger partial charge in [0.25, 0.3) is 5.91 Å². The van der Waals surface area contributed by atoms with Gasteiger partial charge in [-0.05, 0) is 48.4 Å². The van der Waals surface area contributed by atoms with Gasteiger partial charge < -0.3 is 10.6 Å². The molecule has 2 aliphatic rings. The van der Waals surface area contributed by atoms with Gasteiger partial charge >= 0.3 is 0 Å². The summed E-state index contributed by atoms with van der Waals surface area (Å²) in [5, 5.41) is 11.0. The van der Waals surface area contributed by atoms with Crippen LogP contribution >= 0.6 is 0 Å². The largest absolute Gasteiger partial charge is 0.343 e. The minimum Gasteiger partial charge on any atom is -0.343 e. The van der Waals surface area contributed by atoms with Crippen LogP contribution in [0.4, 0.5) is 11.5 Å². The van der Waals surface area contributed by atoms with Crippen LogP contribution in [-0.4, -0.2) is 21.5 Å². The van der Waals surface area contributed by atoms with Crippen molar-refractivity contribution in [3.63, 3.8) is 0 Å². The molecule has 2 aromatic carbocycles. The van der Waals surface area contributed by atoms with E-state index in [0.717, 1.165) is 40.9 Å². The van der Waals surface area contributed by atoms with Crippen LogP contribution in [0.2, 0.25) is 0 Å². The Morgan fingerprint density at radius 1 is 1.12 bits per heavy atom. The number of fused-ring (bicyclic) bond motifs is 1. The zero-order valence-electron chi connectivity index (χ0n) is 20.1. The maximum atomic E-state index is 13.4. The van der Waals surface area contributed by atoms with Crippen molar-refractivity contribution in [2.24, 2.45) is 5.41 Å². The van der Waals surface area contributed by atoms with Crippen molar-refractivity contribution in [3.05, 3.63) is 88.3 Å². The minimum atomic E-state index is -0.360. The predicted octanol–water partition coefficient (Wildman–Crippen LogP) is 5.66. The summed E-state index contributed by atoms with van der Waals surface area (Å²) in [6.07, 6.45) is 3.77. The van der Waals surface area contributed by atoms with Gasteiger partial charge in [-0.15, -0.1) is 0 Å². The van der Waals surface area contributed by atoms with Crippen LogP contribution in [0.1, 0.15) is 66.7 Å². The Morgan fingerprint density at radius 2 is 1.82 bits per heavy atom. The van der Waals surface area contributed by atoms with Crippen molar-refractivity contribution in [3.8, 4) is 0 Å². The van der Waals surface area contributed by atoms with Gasteiger partial charge in [0.05, 0.1) is 6.20 Å². The van der Waals surface area contributed by atoms with Gasteiger partial charge in [0.2, 0.25) is 0 Å². The summed E-state index contributed by atoms with van der Waals surface area (Å²) >= 11 is 0. The van der Waals surface area contributed by atoms with Crippen molar-refractivity contribution in [2.45, 2.75) is 53.0 Å². The molecule has 0 saturated heterocycles. The van der Waals surface area contributed by atoms with Crippen molar-refractivity contribution >= 4 is 23.2 Å². The fraction of sp³-hybridized carbons (Fsp3) is 0.321. The van der Waals surface area contributed by atoms with Crippen LogP contribution in [-0.2, 0) is 11.2 Å². The molecular formula is C28H30N4O2. The summed E-state index contributed by atoms with van der Waals surface area (Å²) in [5.74, 6) is 0.525. The summed E-state index contributed by atoms with van der Waals surface area (Å²) in [7, 11) is 0. The molecule has 174 valence electrons. The number of amides is 1. The van der Waals surface area contributed by atoms with E-state index < -0.39 is 0 Å². The number of nitrogens with zero attached hydrogens (tertiary/aromatic N) is 2. The first-order chi connectivity index (χ1) is 16.3. The Labute approximate surface area is 200 Å². The van der Waals surface area contributed by atoms with Crippen LogP contribution in [0, 0.1) is 12.3 Å². The van der Waals surface area contributed by atoms with Crippen LogP contribution in [0.3, 0.4) is 0 Å². The number of aryl methyl sites for hydroxylation is 2. The Hall–Kier alpha value is -3.67. The van der Waals surface area contributed by atoms with Gasteiger partial charge in [0.15, 0.2) is 5.78 Å². The number of ketones is 1. The second-order valence-corrected chi connectivity index (χ2v) is 10.1. The van der Waals surface area contributed by atoms with Crippen molar-refractivity contribution in [1.29, 1.82) is 0 Å². The summed E-state index contributed by atoms with van der Waals surface area (Å²) in [6, 6.07) is 15.7. The average Bonchev–Trinajstić information content (AvgIpc) is 3.22. The highest BCUT2D eigenvalue weighted by Crippen LogP contribution is 2.46. The standard InChI is InChI=1S/C28H30N4O2/c1-5-18-8-10-19(11-9-18)25-24-22(14-28(3,4)15-23(24)33)31-26-21(16-29-32(25)26)27(34)30-20-12-6-17(2)7-13-20/h6-13,16,25,31H,5,14-15H2,1-4H3,(H,30,34)/t25-/m0/s1. The smallest absolute Gasteiger partial charge is 0.261 e. The van der Waals surface area contributed by atoms with E-state index in [4.69, 9.17) is 0 Å². The molecule has 1 amide bonds. The molecular weight excluding hydrogens is 424 g/mol. The van der Waals surface area contributed by atoms with Crippen LogP contribution in [0.5, 0.6) is 0 Å². The number of allylic oxidation sites excluding steroid dienone is 2. The van der Waals surface area contributed by atoms with Crippen LogP contribution in [0.25, 0.3) is 0 Å². The van der Waals surface area contributed by atoms with E-state index in [1.807, 2.05) is 31.2 Å². The third kappa shape index (κ3) is 3.94. The van der Waals surface area contributed by atoms with Crippen LogP contribution in [0.15, 0.2) is 66.0 Å². The molecule has 1 aromatic heterocycles. The van der Waals surface area contributed by atoms with Crippen molar-refractivity contribution < 1.29 is 9.59 Å². The molecule has 0 radical (unpaired) electrons. The SMILES string of the molecule is CCc1ccc([C@H]2C3=C(CC(C)(C)CC3=O)Nc3c(C(=O)Nc4ccc(C)cc4)cnn32)cc1. The number of aromatic nitrogens is 2. The Kier molecular flexibility index (Phi) is 5.39. The van der Waals surface area contributed by atoms with E-state index in [0.29, 0.717) is 17.8 Å². The van der Waals surface area contributed by atoms with E-state index in [-0.39, 0.29) is 23.1 Å². The lowest BCUT2D eigenvalue weighted by molar-refractivity contribution is -0.118. The molecule has 5 rings (SSSR count). The number of carbonyl (C=O) groups excluding carboxylic acids is 2. The zero-order chi connectivity index (χ0) is 24.0. The summed E-state index contributed by atoms with van der Waals surface area (Å²) < 4.78 is 1.79. The maximum Gasteiger partial charge on any atom is 0.261 e. The first-order valence-corrected chi connectivity index (χ1v) is 11.8. The highest BCUT2D eigenvalue weighted by atomic mass is 16.1. The monoisotopic (exact) mass is 454 g/mol. The Balaban J connectivity index is 1.58. The average molecular weight is 455 g/mol. The number of Topliss-reactive ketones (excluding diaryl/α,β-unsaturated/α-hetero) is 1. The first kappa shape index (κ1) is 22.1. The number of nitrogens with one attached hydrogen (secondary N) is 2. The molecule has 6 heteroatoms. The summed E-state index contributed by atoms with van der Waals surface area (Å²) in [5.41, 5.74) is 6.05. The number of hydrogen-bond acceptors (Lipinski definition) is 4. The molecule has 2 heterocycles. The molecule has 0 unspecified atom stereocenters. The van der Waals surface area contributed by atoms with Gasteiger partial charge in [0, 0.05) is 23.4 Å². The fourth-order valence-corrected chi connectivity index (χ4v) is 4.96. The molecule has 1 atom stereocenters. The third-order valence-electron chi connectivity index (χ3n) is 6.76. The molecule has 1 aliphatic carbocycles. The molecule has 2 N–H and O–H groups in total. The number of hydrogen-bond donors (Lipinski definition) is 2. The zero-order valence-corrected chi connectivity index (χ0v) is 20.1. The molecule has 3 aromatic rings. The second kappa shape index (κ2) is 8.28. The summed E-state index contributed by atoms with van der Waals surface area (Å²) in [4.78, 5) is 26.6.